The van der Waals surface area contributed by atoms with Crippen LogP contribution in [0.5, 0.6) is 0 Å². The second-order valence-corrected chi connectivity index (χ2v) is 4.59. The average Bonchev–Trinajstić information content (AvgIpc) is 2.37. The molecule has 0 aliphatic rings. The van der Waals surface area contributed by atoms with E-state index in [1.807, 2.05) is 4.98 Å². The normalized spacial score (nSPS) is 9.80. The largest absolute Gasteiger partial charge is 0.325 e. The lowest BCUT2D eigenvalue weighted by Gasteiger charge is -1.94. The van der Waals surface area contributed by atoms with Crippen LogP contribution in [-0.4, -0.2) is 19.9 Å². The minimum absolute atomic E-state index is 0.128. The molecule has 2 rings (SSSR count). The predicted molar refractivity (Wildman–Crippen MR) is 78.8 cm³/mol. The van der Waals surface area contributed by atoms with Gasteiger partial charge in [-0.15, -0.1) is 23.2 Å². The van der Waals surface area contributed by atoms with E-state index in [1.54, 1.807) is 6.07 Å². The Balaban J connectivity index is 0.000000200. The summed E-state index contributed by atoms with van der Waals surface area (Å²) in [6, 6.07) is 2.81. The van der Waals surface area contributed by atoms with Crippen LogP contribution < -0.4 is 11.2 Å². The Labute approximate surface area is 133 Å². The Bertz CT molecular complexity index is 637. The molecule has 2 aromatic rings. The van der Waals surface area contributed by atoms with Gasteiger partial charge in [0.25, 0.3) is 5.56 Å². The molecule has 0 atom stereocenters. The van der Waals surface area contributed by atoms with E-state index >= 15 is 0 Å². The van der Waals surface area contributed by atoms with Gasteiger partial charge in [0, 0.05) is 11.8 Å². The Morgan fingerprint density at radius 2 is 1.70 bits per heavy atom. The number of hydrogen-bond donors (Lipinski definition) is 2. The molecule has 6 nitrogen and oxygen atoms in total. The molecule has 0 aromatic carbocycles. The molecule has 0 fully saturated rings. The molecule has 0 saturated heterocycles. The predicted octanol–water partition coefficient (Wildman–Crippen LogP) is 2.32. The number of aromatic nitrogens is 4. The first-order chi connectivity index (χ1) is 9.44. The zero-order valence-corrected chi connectivity index (χ0v) is 12.8. The zero-order valence-electron chi connectivity index (χ0n) is 9.79. The molecule has 20 heavy (non-hydrogen) atoms. The minimum Gasteiger partial charge on any atom is -0.310 e. The lowest BCUT2D eigenvalue weighted by atomic mass is 10.5. The van der Waals surface area contributed by atoms with Crippen molar-refractivity contribution < 1.29 is 0 Å². The van der Waals surface area contributed by atoms with E-state index in [9.17, 15) is 9.59 Å². The SMILES string of the molecule is ClCc1cc(Cl)nc(Cl)n1.O=c1cc(CCl)[nH]c(=O)[nH]1. The maximum atomic E-state index is 10.5. The number of alkyl halides is 2. The first-order valence-electron chi connectivity index (χ1n) is 5.08. The van der Waals surface area contributed by atoms with Gasteiger partial charge in [0.05, 0.1) is 17.5 Å². The molecular weight excluding hydrogens is 350 g/mol. The van der Waals surface area contributed by atoms with E-state index in [0.717, 1.165) is 0 Å². The zero-order chi connectivity index (χ0) is 15.1. The summed E-state index contributed by atoms with van der Waals surface area (Å²) in [4.78, 5) is 32.8. The summed E-state index contributed by atoms with van der Waals surface area (Å²) in [6.45, 7) is 0. The molecule has 0 bridgehead atoms. The summed E-state index contributed by atoms with van der Waals surface area (Å²) < 4.78 is 0. The van der Waals surface area contributed by atoms with Crippen molar-refractivity contribution in [1.82, 2.24) is 19.9 Å². The van der Waals surface area contributed by atoms with Crippen molar-refractivity contribution in [3.63, 3.8) is 0 Å². The maximum absolute atomic E-state index is 10.5. The molecule has 0 saturated carbocycles. The molecule has 2 heterocycles. The molecular formula is C10H8Cl4N4O2. The molecule has 108 valence electrons. The van der Waals surface area contributed by atoms with Gasteiger partial charge in [-0.2, -0.15) is 0 Å². The fourth-order valence-electron chi connectivity index (χ4n) is 1.09. The number of rotatable bonds is 2. The summed E-state index contributed by atoms with van der Waals surface area (Å²) in [5.74, 6) is 0.432. The monoisotopic (exact) mass is 356 g/mol. The van der Waals surface area contributed by atoms with Gasteiger partial charge in [-0.05, 0) is 17.7 Å². The molecule has 10 heteroatoms. The van der Waals surface area contributed by atoms with Gasteiger partial charge in [0.2, 0.25) is 5.28 Å². The molecule has 0 amide bonds. The molecule has 2 aromatic heterocycles. The molecule has 0 aliphatic carbocycles. The van der Waals surface area contributed by atoms with E-state index in [-0.39, 0.29) is 11.2 Å². The van der Waals surface area contributed by atoms with E-state index in [0.29, 0.717) is 22.4 Å². The van der Waals surface area contributed by atoms with E-state index in [4.69, 9.17) is 46.4 Å². The summed E-state index contributed by atoms with van der Waals surface area (Å²) in [6.07, 6.45) is 0. The fraction of sp³-hybridized carbons (Fsp3) is 0.200. The van der Waals surface area contributed by atoms with Crippen LogP contribution in [-0.2, 0) is 11.8 Å². The number of aromatic amines is 2. The highest BCUT2D eigenvalue weighted by molar-refractivity contribution is 6.31. The van der Waals surface area contributed by atoms with E-state index in [2.05, 4.69) is 15.0 Å². The van der Waals surface area contributed by atoms with Crippen LogP contribution in [0.25, 0.3) is 0 Å². The van der Waals surface area contributed by atoms with Crippen molar-refractivity contribution in [2.45, 2.75) is 11.8 Å². The third-order valence-electron chi connectivity index (χ3n) is 1.82. The van der Waals surface area contributed by atoms with Crippen molar-refractivity contribution in [2.24, 2.45) is 0 Å². The van der Waals surface area contributed by atoms with Gasteiger partial charge in [-0.25, -0.2) is 14.8 Å². The van der Waals surface area contributed by atoms with Crippen LogP contribution in [0.15, 0.2) is 21.7 Å². The highest BCUT2D eigenvalue weighted by atomic mass is 35.5. The van der Waals surface area contributed by atoms with E-state index in [1.165, 1.54) is 6.07 Å². The number of H-pyrrole nitrogens is 2. The van der Waals surface area contributed by atoms with Gasteiger partial charge in [0.1, 0.15) is 5.15 Å². The third-order valence-corrected chi connectivity index (χ3v) is 2.74. The van der Waals surface area contributed by atoms with Gasteiger partial charge in [-0.3, -0.25) is 9.78 Å². The number of nitrogens with zero attached hydrogens (tertiary/aromatic N) is 2. The Kier molecular flexibility index (Phi) is 7.01. The van der Waals surface area contributed by atoms with Crippen LogP contribution >= 0.6 is 46.4 Å². The average molecular weight is 358 g/mol. The van der Waals surface area contributed by atoms with Crippen molar-refractivity contribution in [3.8, 4) is 0 Å². The van der Waals surface area contributed by atoms with Gasteiger partial charge in [-0.1, -0.05) is 11.6 Å². The highest BCUT2D eigenvalue weighted by Gasteiger charge is 1.98. The second-order valence-electron chi connectivity index (χ2n) is 3.33. The first kappa shape index (κ1) is 17.0. The lowest BCUT2D eigenvalue weighted by Crippen LogP contribution is -2.22. The third kappa shape index (κ3) is 5.92. The fourth-order valence-corrected chi connectivity index (χ4v) is 1.82. The summed E-state index contributed by atoms with van der Waals surface area (Å²) in [5.41, 5.74) is 0.102. The summed E-state index contributed by atoms with van der Waals surface area (Å²) in [5, 5.41) is 0.443. The number of nitrogens with one attached hydrogen (secondary N) is 2. The topological polar surface area (TPSA) is 91.5 Å². The molecule has 2 N–H and O–H groups in total. The lowest BCUT2D eigenvalue weighted by molar-refractivity contribution is 0.984. The van der Waals surface area contributed by atoms with Crippen molar-refractivity contribution >= 4 is 46.4 Å². The summed E-state index contributed by atoms with van der Waals surface area (Å²) in [7, 11) is 0. The Hall–Kier alpha value is -1.08. The highest BCUT2D eigenvalue weighted by Crippen LogP contribution is 2.11. The second kappa shape index (κ2) is 8.26. The quantitative estimate of drug-likeness (QED) is 0.490. The van der Waals surface area contributed by atoms with Crippen LogP contribution in [0.1, 0.15) is 11.4 Å². The number of hydrogen-bond acceptors (Lipinski definition) is 4. The minimum atomic E-state index is -0.525. The van der Waals surface area contributed by atoms with Crippen molar-refractivity contribution in [3.05, 3.63) is 54.8 Å². The van der Waals surface area contributed by atoms with E-state index < -0.39 is 11.2 Å². The van der Waals surface area contributed by atoms with Crippen molar-refractivity contribution in [2.75, 3.05) is 0 Å². The standard InChI is InChI=1S/C5H3Cl3N2.C5H5ClN2O2/c6-2-3-1-4(7)10-5(8)9-3;6-2-3-1-4(9)8-5(10)7-3/h1H,2H2;1H,2H2,(H2,7,8,9,10). The molecule has 0 unspecified atom stereocenters. The van der Waals surface area contributed by atoms with Gasteiger partial charge in [0.15, 0.2) is 0 Å². The molecule has 0 spiro atoms. The smallest absolute Gasteiger partial charge is 0.310 e. The Morgan fingerprint density at radius 3 is 2.20 bits per heavy atom. The van der Waals surface area contributed by atoms with Gasteiger partial charge < -0.3 is 4.98 Å². The Morgan fingerprint density at radius 1 is 1.00 bits per heavy atom. The van der Waals surface area contributed by atoms with Crippen molar-refractivity contribution in [1.29, 1.82) is 0 Å². The van der Waals surface area contributed by atoms with Crippen LogP contribution in [0.3, 0.4) is 0 Å². The van der Waals surface area contributed by atoms with Crippen LogP contribution in [0.2, 0.25) is 10.4 Å². The first-order valence-corrected chi connectivity index (χ1v) is 6.90. The number of halogens is 4. The maximum Gasteiger partial charge on any atom is 0.325 e. The van der Waals surface area contributed by atoms with Crippen LogP contribution in [0, 0.1) is 0 Å². The summed E-state index contributed by atoms with van der Waals surface area (Å²) >= 11 is 21.8. The van der Waals surface area contributed by atoms with Gasteiger partial charge >= 0.3 is 5.69 Å². The van der Waals surface area contributed by atoms with Crippen LogP contribution in [0.4, 0.5) is 0 Å². The molecule has 0 radical (unpaired) electrons. The molecule has 0 aliphatic heterocycles.